The number of nitrogens with zero attached hydrogens (tertiary/aromatic N) is 3. The highest BCUT2D eigenvalue weighted by molar-refractivity contribution is 5.95. The molecule has 1 aliphatic rings. The van der Waals surface area contributed by atoms with Crippen LogP contribution in [0.4, 0.5) is 5.69 Å². The fraction of sp³-hybridized carbons (Fsp3) is 0.235. The maximum Gasteiger partial charge on any atom is 0.334 e. The molecule has 26 heavy (non-hydrogen) atoms. The summed E-state index contributed by atoms with van der Waals surface area (Å²) in [6, 6.07) is 5.89. The molecule has 9 heteroatoms. The predicted molar refractivity (Wildman–Crippen MR) is 90.9 cm³/mol. The summed E-state index contributed by atoms with van der Waals surface area (Å²) in [5.74, 6) is -1.34. The summed E-state index contributed by atoms with van der Waals surface area (Å²) in [7, 11) is 0. The monoisotopic (exact) mass is 356 g/mol. The maximum atomic E-state index is 11.9. The van der Waals surface area contributed by atoms with Gasteiger partial charge in [-0.25, -0.2) is 4.79 Å². The number of aryl methyl sites for hydroxylation is 1. The molecule has 0 amide bonds. The van der Waals surface area contributed by atoms with Crippen molar-refractivity contribution in [1.82, 2.24) is 15.5 Å². The zero-order chi connectivity index (χ0) is 19.0. The number of rotatable bonds is 4. The fourth-order valence-corrected chi connectivity index (χ4v) is 3.12. The first-order valence-corrected chi connectivity index (χ1v) is 7.76. The number of aromatic nitrogens is 2. The van der Waals surface area contributed by atoms with Crippen molar-refractivity contribution in [2.75, 3.05) is 0 Å². The van der Waals surface area contributed by atoms with Crippen LogP contribution in [0.1, 0.15) is 37.0 Å². The standard InChI is InChI=1S/C17H16N4O5/c1-8-13(16-19-10(3)20-26-16)15(14(17(22)23)9(2)18-8)11-5-4-6-12(7-11)21(24)25/h4-7,15,18H,1-3H3,(H,22,23). The van der Waals surface area contributed by atoms with Gasteiger partial charge in [-0.15, -0.1) is 0 Å². The van der Waals surface area contributed by atoms with Crippen LogP contribution in [0.2, 0.25) is 0 Å². The molecule has 0 radical (unpaired) electrons. The smallest absolute Gasteiger partial charge is 0.334 e. The minimum Gasteiger partial charge on any atom is -0.478 e. The molecular weight excluding hydrogens is 340 g/mol. The van der Waals surface area contributed by atoms with Gasteiger partial charge in [0, 0.05) is 29.1 Å². The normalized spacial score (nSPS) is 17.3. The Labute approximate surface area is 148 Å². The molecule has 0 aliphatic carbocycles. The summed E-state index contributed by atoms with van der Waals surface area (Å²) < 4.78 is 5.26. The van der Waals surface area contributed by atoms with E-state index in [9.17, 15) is 20.0 Å². The van der Waals surface area contributed by atoms with Crippen molar-refractivity contribution in [3.63, 3.8) is 0 Å². The van der Waals surface area contributed by atoms with Crippen molar-refractivity contribution >= 4 is 17.2 Å². The lowest BCUT2D eigenvalue weighted by Crippen LogP contribution is -2.27. The molecule has 0 saturated heterocycles. The minimum absolute atomic E-state index is 0.0713. The number of nitro benzene ring substituents is 1. The second-order valence-corrected chi connectivity index (χ2v) is 5.94. The first-order valence-electron chi connectivity index (χ1n) is 7.76. The number of hydrogen-bond donors (Lipinski definition) is 2. The molecule has 2 aromatic rings. The van der Waals surface area contributed by atoms with E-state index in [1.807, 2.05) is 0 Å². The lowest BCUT2D eigenvalue weighted by Gasteiger charge is -2.29. The third-order valence-corrected chi connectivity index (χ3v) is 4.16. The van der Waals surface area contributed by atoms with Crippen molar-refractivity contribution in [2.45, 2.75) is 26.7 Å². The molecule has 0 saturated carbocycles. The molecule has 1 aromatic carbocycles. The average Bonchev–Trinajstić information content (AvgIpc) is 2.99. The quantitative estimate of drug-likeness (QED) is 0.631. The molecule has 0 fully saturated rings. The molecule has 3 rings (SSSR count). The number of benzene rings is 1. The SMILES string of the molecule is CC1=C(C(=O)O)C(c2cccc([N+](=O)[O-])c2)C(c2nc(C)no2)=C(C)N1. The van der Waals surface area contributed by atoms with E-state index in [1.54, 1.807) is 26.8 Å². The van der Waals surface area contributed by atoms with Gasteiger partial charge in [-0.1, -0.05) is 17.3 Å². The fourth-order valence-electron chi connectivity index (χ4n) is 3.12. The second-order valence-electron chi connectivity index (χ2n) is 5.94. The zero-order valence-electron chi connectivity index (χ0n) is 14.3. The molecule has 2 N–H and O–H groups in total. The number of nitrogens with one attached hydrogen (secondary N) is 1. The number of nitro groups is 1. The summed E-state index contributed by atoms with van der Waals surface area (Å²) in [5, 5.41) is 27.7. The van der Waals surface area contributed by atoms with E-state index in [-0.39, 0.29) is 17.2 Å². The van der Waals surface area contributed by atoms with Crippen LogP contribution < -0.4 is 5.32 Å². The number of non-ortho nitro benzene ring substituents is 1. The van der Waals surface area contributed by atoms with Crippen molar-refractivity contribution in [2.24, 2.45) is 0 Å². The van der Waals surface area contributed by atoms with E-state index < -0.39 is 16.8 Å². The zero-order valence-corrected chi connectivity index (χ0v) is 14.3. The highest BCUT2D eigenvalue weighted by Crippen LogP contribution is 2.43. The van der Waals surface area contributed by atoms with Gasteiger partial charge in [-0.05, 0) is 26.3 Å². The van der Waals surface area contributed by atoms with E-state index in [0.29, 0.717) is 28.4 Å². The molecule has 9 nitrogen and oxygen atoms in total. The second kappa shape index (κ2) is 6.43. The first-order chi connectivity index (χ1) is 12.3. The summed E-state index contributed by atoms with van der Waals surface area (Å²) in [6.07, 6.45) is 0. The highest BCUT2D eigenvalue weighted by atomic mass is 16.6. The largest absolute Gasteiger partial charge is 0.478 e. The Morgan fingerprint density at radius 3 is 2.62 bits per heavy atom. The number of hydrogen-bond acceptors (Lipinski definition) is 7. The van der Waals surface area contributed by atoms with Gasteiger partial charge in [-0.2, -0.15) is 4.98 Å². The Morgan fingerprint density at radius 1 is 1.31 bits per heavy atom. The van der Waals surface area contributed by atoms with Crippen molar-refractivity contribution < 1.29 is 19.3 Å². The minimum atomic E-state index is -1.13. The molecule has 0 spiro atoms. The van der Waals surface area contributed by atoms with Gasteiger partial charge in [-0.3, -0.25) is 10.1 Å². The lowest BCUT2D eigenvalue weighted by molar-refractivity contribution is -0.384. The van der Waals surface area contributed by atoms with Crippen LogP contribution in [0.15, 0.2) is 45.8 Å². The number of allylic oxidation sites excluding steroid dienone is 3. The summed E-state index contributed by atoms with van der Waals surface area (Å²) >= 11 is 0. The molecule has 1 atom stereocenters. The van der Waals surface area contributed by atoms with Crippen molar-refractivity contribution in [3.05, 3.63) is 68.6 Å². The van der Waals surface area contributed by atoms with E-state index in [1.165, 1.54) is 18.2 Å². The molecule has 2 heterocycles. The Morgan fingerprint density at radius 2 is 2.04 bits per heavy atom. The molecule has 1 aromatic heterocycles. The van der Waals surface area contributed by atoms with Crippen LogP contribution >= 0.6 is 0 Å². The van der Waals surface area contributed by atoms with Gasteiger partial charge < -0.3 is 14.9 Å². The number of aliphatic carboxylic acids is 1. The average molecular weight is 356 g/mol. The first kappa shape index (κ1) is 17.3. The van der Waals surface area contributed by atoms with E-state index >= 15 is 0 Å². The Hall–Kier alpha value is -3.49. The third-order valence-electron chi connectivity index (χ3n) is 4.16. The molecule has 134 valence electrons. The summed E-state index contributed by atoms with van der Waals surface area (Å²) in [4.78, 5) is 26.8. The van der Waals surface area contributed by atoms with Crippen LogP contribution in [-0.2, 0) is 4.79 Å². The molecular formula is C17H16N4O5. The number of dihydropyridines is 1. The Balaban J connectivity index is 2.25. The van der Waals surface area contributed by atoms with Gasteiger partial charge in [0.25, 0.3) is 11.6 Å². The third kappa shape index (κ3) is 2.94. The van der Waals surface area contributed by atoms with Gasteiger partial charge in [0.15, 0.2) is 5.82 Å². The van der Waals surface area contributed by atoms with Crippen LogP contribution in [0.3, 0.4) is 0 Å². The van der Waals surface area contributed by atoms with Gasteiger partial charge in [0.05, 0.1) is 16.4 Å². The van der Waals surface area contributed by atoms with Gasteiger partial charge >= 0.3 is 5.97 Å². The van der Waals surface area contributed by atoms with Crippen LogP contribution in [-0.4, -0.2) is 26.1 Å². The predicted octanol–water partition coefficient (Wildman–Crippen LogP) is 2.76. The Kier molecular flexibility index (Phi) is 4.29. The van der Waals surface area contributed by atoms with Crippen LogP contribution in [0.25, 0.3) is 5.57 Å². The maximum absolute atomic E-state index is 11.9. The van der Waals surface area contributed by atoms with Crippen molar-refractivity contribution in [1.29, 1.82) is 0 Å². The Bertz CT molecular complexity index is 973. The van der Waals surface area contributed by atoms with Gasteiger partial charge in [0.1, 0.15) is 0 Å². The van der Waals surface area contributed by atoms with Crippen molar-refractivity contribution in [3.8, 4) is 0 Å². The number of carboxylic acids is 1. The van der Waals surface area contributed by atoms with Crippen LogP contribution in [0, 0.1) is 17.0 Å². The molecule has 1 unspecified atom stereocenters. The lowest BCUT2D eigenvalue weighted by atomic mass is 9.80. The topological polar surface area (TPSA) is 131 Å². The molecule has 0 bridgehead atoms. The van der Waals surface area contributed by atoms with E-state index in [4.69, 9.17) is 4.52 Å². The van der Waals surface area contributed by atoms with E-state index in [2.05, 4.69) is 15.5 Å². The summed E-state index contributed by atoms with van der Waals surface area (Å²) in [5.41, 5.74) is 1.99. The number of carbonyl (C=O) groups is 1. The highest BCUT2D eigenvalue weighted by Gasteiger charge is 2.36. The molecule has 1 aliphatic heterocycles. The van der Waals surface area contributed by atoms with E-state index in [0.717, 1.165) is 0 Å². The van der Waals surface area contributed by atoms with Crippen LogP contribution in [0.5, 0.6) is 0 Å². The van der Waals surface area contributed by atoms with Gasteiger partial charge in [0.2, 0.25) is 0 Å². The number of carboxylic acid groups (broad SMARTS) is 1. The summed E-state index contributed by atoms with van der Waals surface area (Å²) in [6.45, 7) is 5.06.